The maximum atomic E-state index is 11.0. The molecule has 0 spiro atoms. The molecular weight excluding hydrogens is 226 g/mol. The highest BCUT2D eigenvalue weighted by Gasteiger charge is 2.08. The molecule has 0 saturated carbocycles. The molecular formula is C10H13N3O4. The molecule has 0 radical (unpaired) electrons. The van der Waals surface area contributed by atoms with Crippen molar-refractivity contribution in [3.05, 3.63) is 30.1 Å². The summed E-state index contributed by atoms with van der Waals surface area (Å²) in [4.78, 5) is 21.5. The predicted octanol–water partition coefficient (Wildman–Crippen LogP) is 0.563. The molecule has 17 heavy (non-hydrogen) atoms. The summed E-state index contributed by atoms with van der Waals surface area (Å²) in [6.45, 7) is 3.89. The number of carboxylic acid groups (broad SMARTS) is 1. The largest absolute Gasteiger partial charge is 0.476 e. The van der Waals surface area contributed by atoms with Gasteiger partial charge in [-0.2, -0.15) is 5.10 Å². The molecule has 92 valence electrons. The van der Waals surface area contributed by atoms with Crippen molar-refractivity contribution in [3.63, 3.8) is 0 Å². The van der Waals surface area contributed by atoms with Crippen LogP contribution in [0, 0.1) is 0 Å². The number of hydrogen-bond acceptors (Lipinski definition) is 4. The predicted molar refractivity (Wildman–Crippen MR) is 58.8 cm³/mol. The van der Waals surface area contributed by atoms with Gasteiger partial charge in [-0.3, -0.25) is 5.10 Å². The number of amides is 1. The molecule has 1 heterocycles. The topological polar surface area (TPSA) is 104 Å². The summed E-state index contributed by atoms with van der Waals surface area (Å²) < 4.78 is 4.68. The number of ether oxygens (including phenoxy) is 1. The van der Waals surface area contributed by atoms with E-state index in [0.29, 0.717) is 18.7 Å². The average Bonchev–Trinajstić information content (AvgIpc) is 2.75. The first-order chi connectivity index (χ1) is 8.13. The van der Waals surface area contributed by atoms with E-state index in [4.69, 9.17) is 5.11 Å². The minimum absolute atomic E-state index is 0.0470. The summed E-state index contributed by atoms with van der Waals surface area (Å²) in [5.41, 5.74) is 0.584. The Morgan fingerprint density at radius 3 is 3.00 bits per heavy atom. The Hall–Kier alpha value is -2.31. The van der Waals surface area contributed by atoms with E-state index < -0.39 is 12.1 Å². The number of aromatic nitrogens is 2. The lowest BCUT2D eigenvalue weighted by atomic mass is 10.3. The lowest BCUT2D eigenvalue weighted by Crippen LogP contribution is -2.26. The quantitative estimate of drug-likeness (QED) is 0.629. The lowest BCUT2D eigenvalue weighted by molar-refractivity contribution is 0.0690. The van der Waals surface area contributed by atoms with E-state index in [0.717, 1.165) is 0 Å². The van der Waals surface area contributed by atoms with Crippen LogP contribution in [0.2, 0.25) is 0 Å². The van der Waals surface area contributed by atoms with Gasteiger partial charge in [-0.1, -0.05) is 12.7 Å². The number of carboxylic acids is 1. The molecule has 7 nitrogen and oxygen atoms in total. The number of aromatic amines is 1. The Balaban J connectivity index is 2.28. The van der Waals surface area contributed by atoms with Crippen molar-refractivity contribution in [2.45, 2.75) is 6.42 Å². The summed E-state index contributed by atoms with van der Waals surface area (Å²) in [5.74, 6) is -1.09. The first-order valence-corrected chi connectivity index (χ1v) is 4.92. The summed E-state index contributed by atoms with van der Waals surface area (Å²) in [6, 6.07) is 1.42. The van der Waals surface area contributed by atoms with Crippen LogP contribution in [0.4, 0.5) is 4.79 Å². The molecule has 1 amide bonds. The van der Waals surface area contributed by atoms with Crippen LogP contribution in [0.15, 0.2) is 18.7 Å². The fourth-order valence-electron chi connectivity index (χ4n) is 1.08. The van der Waals surface area contributed by atoms with Gasteiger partial charge in [0.05, 0.1) is 0 Å². The number of carbonyl (C=O) groups excluding carboxylic acids is 1. The fraction of sp³-hybridized carbons (Fsp3) is 0.300. The van der Waals surface area contributed by atoms with E-state index >= 15 is 0 Å². The van der Waals surface area contributed by atoms with E-state index in [1.807, 2.05) is 0 Å². The van der Waals surface area contributed by atoms with Crippen LogP contribution in [0.3, 0.4) is 0 Å². The van der Waals surface area contributed by atoms with Crippen LogP contribution >= 0.6 is 0 Å². The maximum absolute atomic E-state index is 11.0. The highest BCUT2D eigenvalue weighted by atomic mass is 16.5. The third-order valence-corrected chi connectivity index (χ3v) is 1.85. The Bertz CT molecular complexity index is 413. The van der Waals surface area contributed by atoms with Crippen LogP contribution in [0.5, 0.6) is 0 Å². The van der Waals surface area contributed by atoms with E-state index in [1.165, 1.54) is 12.1 Å². The van der Waals surface area contributed by atoms with Crippen LogP contribution in [-0.2, 0) is 11.2 Å². The zero-order chi connectivity index (χ0) is 12.7. The highest BCUT2D eigenvalue weighted by Crippen LogP contribution is 1.99. The zero-order valence-corrected chi connectivity index (χ0v) is 9.10. The fourth-order valence-corrected chi connectivity index (χ4v) is 1.08. The van der Waals surface area contributed by atoms with Crippen LogP contribution < -0.4 is 5.32 Å². The molecule has 0 unspecified atom stereocenters. The molecule has 0 aromatic carbocycles. The van der Waals surface area contributed by atoms with Gasteiger partial charge in [-0.15, -0.1) is 0 Å². The van der Waals surface area contributed by atoms with Crippen molar-refractivity contribution in [2.24, 2.45) is 0 Å². The number of rotatable bonds is 6. The molecule has 0 fully saturated rings. The molecule has 0 aliphatic carbocycles. The summed E-state index contributed by atoms with van der Waals surface area (Å²) in [6.07, 6.45) is 1.37. The molecule has 0 aliphatic heterocycles. The molecule has 0 atom stereocenters. The summed E-state index contributed by atoms with van der Waals surface area (Å²) in [5, 5.41) is 17.3. The Morgan fingerprint density at radius 2 is 2.41 bits per heavy atom. The summed E-state index contributed by atoms with van der Waals surface area (Å²) in [7, 11) is 0. The van der Waals surface area contributed by atoms with E-state index in [-0.39, 0.29) is 12.3 Å². The van der Waals surface area contributed by atoms with Gasteiger partial charge in [0.1, 0.15) is 6.61 Å². The maximum Gasteiger partial charge on any atom is 0.407 e. The number of H-pyrrole nitrogens is 1. The number of aromatic carboxylic acids is 1. The van der Waals surface area contributed by atoms with E-state index in [1.54, 1.807) is 0 Å². The second-order valence-electron chi connectivity index (χ2n) is 3.15. The third-order valence-electron chi connectivity index (χ3n) is 1.85. The normalized spacial score (nSPS) is 9.65. The van der Waals surface area contributed by atoms with Gasteiger partial charge in [0, 0.05) is 18.7 Å². The number of alkyl carbamates (subject to hydrolysis) is 1. The molecule has 0 saturated heterocycles. The SMILES string of the molecule is C=CCOC(=O)NCCc1cc(C(=O)O)n[nH]1. The van der Waals surface area contributed by atoms with Crippen molar-refractivity contribution >= 4 is 12.1 Å². The monoisotopic (exact) mass is 239 g/mol. The Morgan fingerprint density at radius 1 is 1.65 bits per heavy atom. The van der Waals surface area contributed by atoms with Gasteiger partial charge < -0.3 is 15.2 Å². The number of nitrogens with one attached hydrogen (secondary N) is 2. The average molecular weight is 239 g/mol. The van der Waals surface area contributed by atoms with Crippen molar-refractivity contribution in [3.8, 4) is 0 Å². The van der Waals surface area contributed by atoms with Crippen molar-refractivity contribution in [2.75, 3.05) is 13.2 Å². The van der Waals surface area contributed by atoms with Crippen molar-refractivity contribution in [1.29, 1.82) is 0 Å². The molecule has 3 N–H and O–H groups in total. The second kappa shape index (κ2) is 6.31. The molecule has 0 bridgehead atoms. The van der Waals surface area contributed by atoms with Crippen LogP contribution in [0.1, 0.15) is 16.2 Å². The molecule has 0 aliphatic rings. The number of carbonyl (C=O) groups is 2. The smallest absolute Gasteiger partial charge is 0.407 e. The van der Waals surface area contributed by atoms with Gasteiger partial charge in [-0.25, -0.2) is 9.59 Å². The van der Waals surface area contributed by atoms with E-state index in [2.05, 4.69) is 26.8 Å². The van der Waals surface area contributed by atoms with Gasteiger partial charge >= 0.3 is 12.1 Å². The lowest BCUT2D eigenvalue weighted by Gasteiger charge is -2.03. The van der Waals surface area contributed by atoms with Gasteiger partial charge in [-0.05, 0) is 6.07 Å². The second-order valence-corrected chi connectivity index (χ2v) is 3.15. The van der Waals surface area contributed by atoms with Crippen LogP contribution in [0.25, 0.3) is 0 Å². The van der Waals surface area contributed by atoms with Gasteiger partial charge in [0.15, 0.2) is 5.69 Å². The molecule has 1 aromatic rings. The highest BCUT2D eigenvalue weighted by molar-refractivity contribution is 5.85. The molecule has 1 rings (SSSR count). The van der Waals surface area contributed by atoms with Gasteiger partial charge in [0.2, 0.25) is 0 Å². The van der Waals surface area contributed by atoms with E-state index in [9.17, 15) is 9.59 Å². The van der Waals surface area contributed by atoms with Crippen molar-refractivity contribution < 1.29 is 19.4 Å². The Kier molecular flexibility index (Phi) is 4.74. The third kappa shape index (κ3) is 4.37. The summed E-state index contributed by atoms with van der Waals surface area (Å²) >= 11 is 0. The molecule has 1 aromatic heterocycles. The zero-order valence-electron chi connectivity index (χ0n) is 9.10. The first kappa shape index (κ1) is 12.8. The first-order valence-electron chi connectivity index (χ1n) is 4.92. The number of nitrogens with zero attached hydrogens (tertiary/aromatic N) is 1. The van der Waals surface area contributed by atoms with Crippen LogP contribution in [-0.4, -0.2) is 40.5 Å². The van der Waals surface area contributed by atoms with Gasteiger partial charge in [0.25, 0.3) is 0 Å². The minimum atomic E-state index is -1.09. The number of hydrogen-bond donors (Lipinski definition) is 3. The standard InChI is InChI=1S/C10H13N3O4/c1-2-5-17-10(16)11-4-3-7-6-8(9(14)15)13-12-7/h2,6H,1,3-5H2,(H,11,16)(H,12,13)(H,14,15). The Labute approximate surface area is 97.5 Å². The molecule has 7 heteroatoms. The van der Waals surface area contributed by atoms with Crippen molar-refractivity contribution in [1.82, 2.24) is 15.5 Å². The minimum Gasteiger partial charge on any atom is -0.476 e.